The molecule has 0 amide bonds. The quantitative estimate of drug-likeness (QED) is 0.785. The molecule has 3 heteroatoms. The topological polar surface area (TPSA) is 27.1 Å². The number of rotatable bonds is 4. The van der Waals surface area contributed by atoms with Crippen molar-refractivity contribution in [1.82, 2.24) is 9.78 Å². The lowest BCUT2D eigenvalue weighted by Crippen LogP contribution is -2.00. The Morgan fingerprint density at radius 2 is 2.00 bits per heavy atom. The van der Waals surface area contributed by atoms with Crippen LogP contribution in [0.2, 0.25) is 0 Å². The van der Waals surface area contributed by atoms with E-state index >= 15 is 0 Å². The van der Waals surface area contributed by atoms with Crippen LogP contribution in [0.4, 0.5) is 0 Å². The molecule has 0 bridgehead atoms. The predicted molar refractivity (Wildman–Crippen MR) is 63.4 cm³/mol. The fourth-order valence-corrected chi connectivity index (χ4v) is 1.42. The van der Waals surface area contributed by atoms with E-state index < -0.39 is 0 Å². The van der Waals surface area contributed by atoms with Gasteiger partial charge >= 0.3 is 0 Å². The molecule has 84 valence electrons. The Kier molecular flexibility index (Phi) is 3.25. The van der Waals surface area contributed by atoms with Gasteiger partial charge in [-0.1, -0.05) is 30.3 Å². The molecule has 16 heavy (non-hydrogen) atoms. The van der Waals surface area contributed by atoms with Crippen LogP contribution in [0.5, 0.6) is 5.75 Å². The van der Waals surface area contributed by atoms with Gasteiger partial charge in [-0.25, -0.2) is 0 Å². The second kappa shape index (κ2) is 4.84. The molecule has 0 fully saturated rings. The van der Waals surface area contributed by atoms with Crippen molar-refractivity contribution in [2.45, 2.75) is 26.5 Å². The minimum atomic E-state index is 0.370. The first-order chi connectivity index (χ1) is 7.75. The van der Waals surface area contributed by atoms with Crippen molar-refractivity contribution < 1.29 is 4.74 Å². The lowest BCUT2D eigenvalue weighted by molar-refractivity contribution is 0.305. The number of aromatic nitrogens is 2. The van der Waals surface area contributed by atoms with Crippen LogP contribution in [0.3, 0.4) is 0 Å². The van der Waals surface area contributed by atoms with Crippen LogP contribution in [0.15, 0.2) is 42.7 Å². The first kappa shape index (κ1) is 10.7. The van der Waals surface area contributed by atoms with E-state index in [-0.39, 0.29) is 0 Å². The Morgan fingerprint density at radius 3 is 2.62 bits per heavy atom. The van der Waals surface area contributed by atoms with Gasteiger partial charge in [0.25, 0.3) is 0 Å². The second-order valence-electron chi connectivity index (χ2n) is 4.02. The average molecular weight is 216 g/mol. The van der Waals surface area contributed by atoms with Gasteiger partial charge in [0.15, 0.2) is 5.75 Å². The van der Waals surface area contributed by atoms with Crippen molar-refractivity contribution in [3.05, 3.63) is 48.3 Å². The number of hydrogen-bond acceptors (Lipinski definition) is 2. The van der Waals surface area contributed by atoms with Crippen LogP contribution in [-0.2, 0) is 6.61 Å². The van der Waals surface area contributed by atoms with Crippen LogP contribution in [0.25, 0.3) is 0 Å². The molecule has 0 radical (unpaired) electrons. The summed E-state index contributed by atoms with van der Waals surface area (Å²) in [6, 6.07) is 10.5. The molecule has 0 aliphatic rings. The van der Waals surface area contributed by atoms with Crippen molar-refractivity contribution in [3.63, 3.8) is 0 Å². The predicted octanol–water partition coefficient (Wildman–Crippen LogP) is 3.04. The smallest absolute Gasteiger partial charge is 0.157 e. The maximum atomic E-state index is 5.64. The van der Waals surface area contributed by atoms with Crippen molar-refractivity contribution in [1.29, 1.82) is 0 Å². The largest absolute Gasteiger partial charge is 0.486 e. The third-order valence-electron chi connectivity index (χ3n) is 2.36. The van der Waals surface area contributed by atoms with Gasteiger partial charge < -0.3 is 4.74 Å². The molecular formula is C13H16N2O. The highest BCUT2D eigenvalue weighted by Gasteiger charge is 2.02. The molecule has 2 aromatic rings. The molecule has 0 unspecified atom stereocenters. The zero-order valence-electron chi connectivity index (χ0n) is 9.63. The molecule has 1 heterocycles. The second-order valence-corrected chi connectivity index (χ2v) is 4.02. The van der Waals surface area contributed by atoms with Gasteiger partial charge in [0.2, 0.25) is 0 Å². The Balaban J connectivity index is 1.95. The zero-order valence-corrected chi connectivity index (χ0v) is 9.63. The van der Waals surface area contributed by atoms with E-state index in [9.17, 15) is 0 Å². The van der Waals surface area contributed by atoms with Crippen LogP contribution in [0.1, 0.15) is 25.5 Å². The minimum absolute atomic E-state index is 0.370. The summed E-state index contributed by atoms with van der Waals surface area (Å²) in [5.74, 6) is 0.817. The minimum Gasteiger partial charge on any atom is -0.486 e. The van der Waals surface area contributed by atoms with E-state index in [1.54, 1.807) is 6.20 Å². The zero-order chi connectivity index (χ0) is 11.4. The van der Waals surface area contributed by atoms with E-state index in [2.05, 4.69) is 18.9 Å². The van der Waals surface area contributed by atoms with E-state index in [1.807, 2.05) is 41.2 Å². The molecule has 0 saturated carbocycles. The maximum Gasteiger partial charge on any atom is 0.157 e. The summed E-state index contributed by atoms with van der Waals surface area (Å²) >= 11 is 0. The molecule has 0 aliphatic carbocycles. The monoisotopic (exact) mass is 216 g/mol. The highest BCUT2D eigenvalue weighted by atomic mass is 16.5. The lowest BCUT2D eigenvalue weighted by atomic mass is 10.2. The van der Waals surface area contributed by atoms with Crippen molar-refractivity contribution >= 4 is 0 Å². The van der Waals surface area contributed by atoms with Crippen molar-refractivity contribution in [3.8, 4) is 5.75 Å². The van der Waals surface area contributed by atoms with E-state index in [0.29, 0.717) is 12.6 Å². The van der Waals surface area contributed by atoms with E-state index in [1.165, 1.54) is 5.56 Å². The third-order valence-corrected chi connectivity index (χ3v) is 2.36. The van der Waals surface area contributed by atoms with Crippen LogP contribution in [-0.4, -0.2) is 9.78 Å². The van der Waals surface area contributed by atoms with Gasteiger partial charge in [0.05, 0.1) is 12.4 Å². The molecule has 1 aromatic carbocycles. The van der Waals surface area contributed by atoms with E-state index in [4.69, 9.17) is 4.74 Å². The third kappa shape index (κ3) is 2.63. The van der Waals surface area contributed by atoms with E-state index in [0.717, 1.165) is 5.75 Å². The molecule has 2 rings (SSSR count). The summed E-state index contributed by atoms with van der Waals surface area (Å²) in [5.41, 5.74) is 1.17. The lowest BCUT2D eigenvalue weighted by Gasteiger charge is -2.04. The summed E-state index contributed by atoms with van der Waals surface area (Å²) < 4.78 is 7.53. The molecule has 3 nitrogen and oxygen atoms in total. The average Bonchev–Trinajstić information content (AvgIpc) is 2.76. The number of benzene rings is 1. The highest BCUT2D eigenvalue weighted by molar-refractivity contribution is 5.17. The number of hydrogen-bond donors (Lipinski definition) is 0. The number of ether oxygens (including phenoxy) is 1. The fourth-order valence-electron chi connectivity index (χ4n) is 1.42. The van der Waals surface area contributed by atoms with Crippen LogP contribution < -0.4 is 4.74 Å². The summed E-state index contributed by atoms with van der Waals surface area (Å²) in [5, 5.41) is 4.22. The first-order valence-electron chi connectivity index (χ1n) is 5.46. The first-order valence-corrected chi connectivity index (χ1v) is 5.46. The van der Waals surface area contributed by atoms with Gasteiger partial charge in [0.1, 0.15) is 6.61 Å². The Labute approximate surface area is 95.7 Å². The molecule has 1 aromatic heterocycles. The normalized spacial score (nSPS) is 10.7. The van der Waals surface area contributed by atoms with Crippen LogP contribution in [0, 0.1) is 0 Å². The summed E-state index contributed by atoms with van der Waals surface area (Å²) in [6.07, 6.45) is 3.68. The van der Waals surface area contributed by atoms with Crippen LogP contribution >= 0.6 is 0 Å². The SMILES string of the molecule is CC(C)n1cc(OCc2ccccc2)cn1. The Bertz CT molecular complexity index is 434. The van der Waals surface area contributed by atoms with Crippen molar-refractivity contribution in [2.75, 3.05) is 0 Å². The van der Waals surface area contributed by atoms with Gasteiger partial charge in [-0.05, 0) is 19.4 Å². The Morgan fingerprint density at radius 1 is 1.25 bits per heavy atom. The molecule has 0 aliphatic heterocycles. The molecule has 0 spiro atoms. The summed E-state index contributed by atoms with van der Waals surface area (Å²) in [7, 11) is 0. The van der Waals surface area contributed by atoms with Gasteiger partial charge in [0, 0.05) is 6.04 Å². The highest BCUT2D eigenvalue weighted by Crippen LogP contribution is 2.14. The van der Waals surface area contributed by atoms with Gasteiger partial charge in [-0.3, -0.25) is 4.68 Å². The molecule has 0 N–H and O–H groups in total. The van der Waals surface area contributed by atoms with Crippen molar-refractivity contribution in [2.24, 2.45) is 0 Å². The number of nitrogens with zero attached hydrogens (tertiary/aromatic N) is 2. The maximum absolute atomic E-state index is 5.64. The summed E-state index contributed by atoms with van der Waals surface area (Å²) in [6.45, 7) is 4.77. The standard InChI is InChI=1S/C13H16N2O/c1-11(2)15-9-13(8-14-15)16-10-12-6-4-3-5-7-12/h3-9,11H,10H2,1-2H3. The molecule has 0 atom stereocenters. The molecular weight excluding hydrogens is 200 g/mol. The van der Waals surface area contributed by atoms with Gasteiger partial charge in [-0.2, -0.15) is 5.10 Å². The van der Waals surface area contributed by atoms with Gasteiger partial charge in [-0.15, -0.1) is 0 Å². The molecule has 0 saturated heterocycles. The Hall–Kier alpha value is -1.77. The summed E-state index contributed by atoms with van der Waals surface area (Å²) in [4.78, 5) is 0. The fraction of sp³-hybridized carbons (Fsp3) is 0.308.